The molecule has 1 amide bonds. The topological polar surface area (TPSA) is 81.0 Å². The van der Waals surface area contributed by atoms with Gasteiger partial charge in [0.05, 0.1) is 23.3 Å². The van der Waals surface area contributed by atoms with Crippen molar-refractivity contribution < 1.29 is 4.79 Å². The van der Waals surface area contributed by atoms with E-state index < -0.39 is 0 Å². The van der Waals surface area contributed by atoms with Gasteiger partial charge in [-0.05, 0) is 46.1 Å². The number of carbonyl (C=O) groups is 1. The second-order valence-electron chi connectivity index (χ2n) is 5.39. The van der Waals surface area contributed by atoms with Gasteiger partial charge in [0, 0.05) is 15.9 Å². The zero-order valence-corrected chi connectivity index (χ0v) is 15.5. The number of hydrogen-bond acceptors (Lipinski definition) is 4. The Bertz CT molecular complexity index is 901. The molecule has 3 N–H and O–H groups in total. The van der Waals surface area contributed by atoms with Crippen LogP contribution in [0.25, 0.3) is 11.0 Å². The van der Waals surface area contributed by atoms with E-state index in [1.165, 1.54) is 4.88 Å². The maximum atomic E-state index is 12.4. The molecule has 0 aliphatic rings. The molecule has 0 fully saturated rings. The Morgan fingerprint density at radius 3 is 2.75 bits per heavy atom. The van der Waals surface area contributed by atoms with Crippen LogP contribution >= 0.6 is 27.3 Å². The van der Waals surface area contributed by atoms with Crippen LogP contribution in [0.4, 0.5) is 5.69 Å². The molecule has 2 heterocycles. The molecule has 0 bridgehead atoms. The van der Waals surface area contributed by atoms with Gasteiger partial charge in [0.25, 0.3) is 0 Å². The van der Waals surface area contributed by atoms with E-state index in [1.54, 1.807) is 23.5 Å². The molecule has 1 aromatic carbocycles. The minimum absolute atomic E-state index is 0.0914. The first-order valence-electron chi connectivity index (χ1n) is 7.51. The second-order valence-corrected chi connectivity index (χ2v) is 7.27. The molecule has 3 aromatic rings. The summed E-state index contributed by atoms with van der Waals surface area (Å²) in [7, 11) is 0. The van der Waals surface area contributed by atoms with Crippen molar-refractivity contribution in [2.45, 2.75) is 13.5 Å². The number of anilines is 1. The number of carbonyl (C=O) groups excluding carboxylic acids is 1. The summed E-state index contributed by atoms with van der Waals surface area (Å²) in [6.45, 7) is 3.89. The standard InChI is InChI=1S/C16H17BrN4O2S/c1-2-21(8-10-4-3-5-24-10)9-15(22)18-12-7-14-13(6-11(12)17)19-16(23)20-14/h3-7H,2,8-9H2,1H3,(H,18,22)(H2,19,20,23). The SMILES string of the molecule is CCN(CC(=O)Nc1cc2[nH]c(=O)[nH]c2cc1Br)Cc1cccs1. The average Bonchev–Trinajstić information content (AvgIpc) is 3.15. The average molecular weight is 409 g/mol. The van der Waals surface area contributed by atoms with Gasteiger partial charge in [-0.15, -0.1) is 11.3 Å². The van der Waals surface area contributed by atoms with E-state index in [0.717, 1.165) is 17.6 Å². The van der Waals surface area contributed by atoms with Crippen LogP contribution in [0.5, 0.6) is 0 Å². The Kier molecular flexibility index (Phi) is 5.17. The molecule has 0 saturated carbocycles. The van der Waals surface area contributed by atoms with E-state index in [-0.39, 0.29) is 11.6 Å². The normalized spacial score (nSPS) is 11.3. The number of benzene rings is 1. The molecule has 8 heteroatoms. The number of amides is 1. The monoisotopic (exact) mass is 408 g/mol. The van der Waals surface area contributed by atoms with E-state index in [0.29, 0.717) is 23.3 Å². The summed E-state index contributed by atoms with van der Waals surface area (Å²) < 4.78 is 0.722. The zero-order chi connectivity index (χ0) is 17.1. The lowest BCUT2D eigenvalue weighted by atomic mass is 10.2. The van der Waals surface area contributed by atoms with Gasteiger partial charge < -0.3 is 15.3 Å². The van der Waals surface area contributed by atoms with E-state index in [1.807, 2.05) is 18.4 Å². The highest BCUT2D eigenvalue weighted by Gasteiger charge is 2.13. The largest absolute Gasteiger partial charge is 0.324 e. The zero-order valence-electron chi connectivity index (χ0n) is 13.1. The fraction of sp³-hybridized carbons (Fsp3) is 0.250. The van der Waals surface area contributed by atoms with Crippen LogP contribution < -0.4 is 11.0 Å². The van der Waals surface area contributed by atoms with E-state index in [2.05, 4.69) is 42.2 Å². The number of aromatic nitrogens is 2. The maximum absolute atomic E-state index is 12.4. The number of hydrogen-bond donors (Lipinski definition) is 3. The molecule has 2 aromatic heterocycles. The van der Waals surface area contributed by atoms with Crippen LogP contribution in [0.2, 0.25) is 0 Å². The molecule has 0 aliphatic carbocycles. The third-order valence-electron chi connectivity index (χ3n) is 3.65. The molecular weight excluding hydrogens is 392 g/mol. The van der Waals surface area contributed by atoms with Crippen molar-refractivity contribution in [1.29, 1.82) is 0 Å². The third kappa shape index (κ3) is 3.95. The number of rotatable bonds is 6. The molecule has 0 atom stereocenters. The number of likely N-dealkylation sites (N-methyl/N-ethyl adjacent to an activating group) is 1. The second kappa shape index (κ2) is 7.33. The quantitative estimate of drug-likeness (QED) is 0.585. The van der Waals surface area contributed by atoms with Crippen LogP contribution in [-0.4, -0.2) is 33.9 Å². The van der Waals surface area contributed by atoms with Crippen LogP contribution in [-0.2, 0) is 11.3 Å². The van der Waals surface area contributed by atoms with E-state index >= 15 is 0 Å². The lowest BCUT2D eigenvalue weighted by Crippen LogP contribution is -2.32. The molecule has 6 nitrogen and oxygen atoms in total. The van der Waals surface area contributed by atoms with Gasteiger partial charge in [-0.1, -0.05) is 13.0 Å². The summed E-state index contributed by atoms with van der Waals surface area (Å²) in [5.41, 5.74) is 1.71. The number of halogens is 1. The Balaban J connectivity index is 1.69. The van der Waals surface area contributed by atoms with E-state index in [9.17, 15) is 9.59 Å². The third-order valence-corrected chi connectivity index (χ3v) is 5.17. The molecule has 0 unspecified atom stereocenters. The summed E-state index contributed by atoms with van der Waals surface area (Å²) >= 11 is 5.11. The predicted octanol–water partition coefficient (Wildman–Crippen LogP) is 3.14. The summed E-state index contributed by atoms with van der Waals surface area (Å²) in [6.07, 6.45) is 0. The van der Waals surface area contributed by atoms with Gasteiger partial charge in [0.1, 0.15) is 0 Å². The van der Waals surface area contributed by atoms with E-state index in [4.69, 9.17) is 0 Å². The Morgan fingerprint density at radius 2 is 2.08 bits per heavy atom. The van der Waals surface area contributed by atoms with Gasteiger partial charge in [-0.2, -0.15) is 0 Å². The van der Waals surface area contributed by atoms with Gasteiger partial charge in [-0.3, -0.25) is 9.69 Å². The fourth-order valence-electron chi connectivity index (χ4n) is 2.45. The number of H-pyrrole nitrogens is 2. The molecule has 0 saturated heterocycles. The number of thiophene rings is 1. The van der Waals surface area contributed by atoms with Crippen molar-refractivity contribution in [1.82, 2.24) is 14.9 Å². The first-order valence-corrected chi connectivity index (χ1v) is 9.18. The van der Waals surface area contributed by atoms with Crippen molar-refractivity contribution in [2.24, 2.45) is 0 Å². The molecule has 24 heavy (non-hydrogen) atoms. The van der Waals surface area contributed by atoms with Crippen LogP contribution in [0.1, 0.15) is 11.8 Å². The molecule has 3 rings (SSSR count). The van der Waals surface area contributed by atoms with Crippen molar-refractivity contribution in [2.75, 3.05) is 18.4 Å². The molecule has 0 aliphatic heterocycles. The minimum atomic E-state index is -0.270. The van der Waals surface area contributed by atoms with Gasteiger partial charge >= 0.3 is 5.69 Å². The van der Waals surface area contributed by atoms with Gasteiger partial charge in [-0.25, -0.2) is 4.79 Å². The highest BCUT2D eigenvalue weighted by Crippen LogP contribution is 2.26. The lowest BCUT2D eigenvalue weighted by molar-refractivity contribution is -0.117. The minimum Gasteiger partial charge on any atom is -0.324 e. The summed E-state index contributed by atoms with van der Waals surface area (Å²) in [4.78, 5) is 32.4. The maximum Gasteiger partial charge on any atom is 0.323 e. The summed E-state index contributed by atoms with van der Waals surface area (Å²) in [5, 5.41) is 4.93. The number of aromatic amines is 2. The number of imidazole rings is 1. The number of fused-ring (bicyclic) bond motifs is 1. The molecule has 0 radical (unpaired) electrons. The van der Waals surface area contributed by atoms with Crippen molar-refractivity contribution in [3.05, 3.63) is 49.5 Å². The molecule has 126 valence electrons. The smallest absolute Gasteiger partial charge is 0.323 e. The number of nitrogens with zero attached hydrogens (tertiary/aromatic N) is 1. The number of nitrogens with one attached hydrogen (secondary N) is 3. The van der Waals surface area contributed by atoms with Crippen molar-refractivity contribution in [3.8, 4) is 0 Å². The van der Waals surface area contributed by atoms with Gasteiger partial charge in [0.15, 0.2) is 0 Å². The Labute approximate surface area is 151 Å². The van der Waals surface area contributed by atoms with Crippen LogP contribution in [0, 0.1) is 0 Å². The fourth-order valence-corrected chi connectivity index (χ4v) is 3.64. The van der Waals surface area contributed by atoms with Gasteiger partial charge in [0.2, 0.25) is 5.91 Å². The highest BCUT2D eigenvalue weighted by atomic mass is 79.9. The van der Waals surface area contributed by atoms with Crippen LogP contribution in [0.3, 0.4) is 0 Å². The first kappa shape index (κ1) is 16.9. The first-order chi connectivity index (χ1) is 11.5. The molecular formula is C16H17BrN4O2S. The Morgan fingerprint density at radius 1 is 1.33 bits per heavy atom. The summed E-state index contributed by atoms with van der Waals surface area (Å²) in [5.74, 6) is -0.0914. The predicted molar refractivity (Wildman–Crippen MR) is 101 cm³/mol. The van der Waals surface area contributed by atoms with Crippen LogP contribution in [0.15, 0.2) is 38.9 Å². The van der Waals surface area contributed by atoms with Crippen molar-refractivity contribution in [3.63, 3.8) is 0 Å². The highest BCUT2D eigenvalue weighted by molar-refractivity contribution is 9.10. The lowest BCUT2D eigenvalue weighted by Gasteiger charge is -2.19. The molecule has 0 spiro atoms. The Hall–Kier alpha value is -1.90. The summed E-state index contributed by atoms with van der Waals surface area (Å²) in [6, 6.07) is 7.59. The van der Waals surface area contributed by atoms with Crippen molar-refractivity contribution >= 4 is 49.9 Å².